The Labute approximate surface area is 144 Å². The summed E-state index contributed by atoms with van der Waals surface area (Å²) in [4.78, 5) is 16.3. The summed E-state index contributed by atoms with van der Waals surface area (Å²) in [5.41, 5.74) is 0.458. The largest absolute Gasteiger partial charge is 0.352 e. The zero-order chi connectivity index (χ0) is 17.6. The second kappa shape index (κ2) is 7.70. The van der Waals surface area contributed by atoms with Crippen molar-refractivity contribution in [1.29, 1.82) is 0 Å². The first-order valence-electron chi connectivity index (χ1n) is 7.95. The van der Waals surface area contributed by atoms with Gasteiger partial charge < -0.3 is 9.88 Å². The summed E-state index contributed by atoms with van der Waals surface area (Å²) >= 11 is 0. The summed E-state index contributed by atoms with van der Waals surface area (Å²) in [6.45, 7) is 0.934. The number of halogens is 2. The molecule has 1 N–H and O–H groups in total. The van der Waals surface area contributed by atoms with E-state index in [1.165, 1.54) is 6.07 Å². The molecule has 0 fully saturated rings. The molecule has 0 aliphatic carbocycles. The van der Waals surface area contributed by atoms with E-state index in [0.717, 1.165) is 23.5 Å². The maximum absolute atomic E-state index is 13.6. The number of carbonyl (C=O) groups is 1. The van der Waals surface area contributed by atoms with Gasteiger partial charge in [0.2, 0.25) is 0 Å². The van der Waals surface area contributed by atoms with Crippen LogP contribution in [0.3, 0.4) is 0 Å². The lowest BCUT2D eigenvalue weighted by atomic mass is 10.2. The van der Waals surface area contributed by atoms with Gasteiger partial charge in [-0.2, -0.15) is 0 Å². The van der Waals surface area contributed by atoms with Gasteiger partial charge in [0.05, 0.1) is 0 Å². The number of benzene rings is 2. The van der Waals surface area contributed by atoms with Gasteiger partial charge in [0.1, 0.15) is 23.0 Å². The van der Waals surface area contributed by atoms with Crippen molar-refractivity contribution in [3.8, 4) is 11.4 Å². The Bertz CT molecular complexity index is 842. The van der Waals surface area contributed by atoms with Gasteiger partial charge in [-0.3, -0.25) is 4.79 Å². The second-order valence-electron chi connectivity index (χ2n) is 5.52. The van der Waals surface area contributed by atoms with Gasteiger partial charge in [0.25, 0.3) is 5.91 Å². The standard InChI is InChI=1S/C19H17F2N3O/c20-15-8-4-9-16(21)17(15)19(25)23-10-5-12-24-13-11-22-18(24)14-6-2-1-3-7-14/h1-4,6-9,11,13H,5,10,12H2,(H,23,25). The molecule has 1 aromatic heterocycles. The molecule has 128 valence electrons. The Balaban J connectivity index is 1.56. The molecule has 0 aliphatic heterocycles. The number of nitrogens with one attached hydrogen (secondary N) is 1. The predicted molar refractivity (Wildman–Crippen MR) is 91.0 cm³/mol. The number of aryl methyl sites for hydroxylation is 1. The fraction of sp³-hybridized carbons (Fsp3) is 0.158. The van der Waals surface area contributed by atoms with Crippen molar-refractivity contribution in [1.82, 2.24) is 14.9 Å². The van der Waals surface area contributed by atoms with Gasteiger partial charge in [-0.25, -0.2) is 13.8 Å². The van der Waals surface area contributed by atoms with Crippen molar-refractivity contribution in [3.05, 3.63) is 78.1 Å². The van der Waals surface area contributed by atoms with Crippen molar-refractivity contribution in [2.24, 2.45) is 0 Å². The van der Waals surface area contributed by atoms with E-state index in [0.29, 0.717) is 19.5 Å². The van der Waals surface area contributed by atoms with E-state index >= 15 is 0 Å². The summed E-state index contributed by atoms with van der Waals surface area (Å²) in [5, 5.41) is 2.55. The summed E-state index contributed by atoms with van der Waals surface area (Å²) in [6, 6.07) is 13.1. The molecule has 0 bridgehead atoms. The van der Waals surface area contributed by atoms with E-state index in [9.17, 15) is 13.6 Å². The molecule has 0 atom stereocenters. The molecule has 0 aliphatic rings. The Morgan fingerprint density at radius 3 is 2.48 bits per heavy atom. The minimum absolute atomic E-state index is 0.305. The number of carbonyl (C=O) groups excluding carboxylic acids is 1. The molecule has 0 unspecified atom stereocenters. The highest BCUT2D eigenvalue weighted by atomic mass is 19.1. The zero-order valence-corrected chi connectivity index (χ0v) is 13.5. The quantitative estimate of drug-likeness (QED) is 0.696. The number of amides is 1. The predicted octanol–water partition coefficient (Wildman–Crippen LogP) is 3.65. The Hall–Kier alpha value is -3.02. The minimum Gasteiger partial charge on any atom is -0.352 e. The average Bonchev–Trinajstić information content (AvgIpc) is 3.08. The van der Waals surface area contributed by atoms with Gasteiger partial charge in [-0.05, 0) is 18.6 Å². The third-order valence-corrected chi connectivity index (χ3v) is 3.80. The first-order valence-corrected chi connectivity index (χ1v) is 7.95. The average molecular weight is 341 g/mol. The maximum atomic E-state index is 13.6. The van der Waals surface area contributed by atoms with Gasteiger partial charge in [0, 0.05) is 31.0 Å². The van der Waals surface area contributed by atoms with Gasteiger partial charge in [0.15, 0.2) is 0 Å². The Kier molecular flexibility index (Phi) is 5.18. The zero-order valence-electron chi connectivity index (χ0n) is 13.5. The van der Waals surface area contributed by atoms with Crippen LogP contribution in [0.25, 0.3) is 11.4 Å². The van der Waals surface area contributed by atoms with Crippen LogP contribution in [0, 0.1) is 11.6 Å². The highest BCUT2D eigenvalue weighted by molar-refractivity contribution is 5.94. The van der Waals surface area contributed by atoms with Crippen molar-refractivity contribution in [2.75, 3.05) is 6.54 Å². The molecular weight excluding hydrogens is 324 g/mol. The molecule has 6 heteroatoms. The second-order valence-corrected chi connectivity index (χ2v) is 5.52. The lowest BCUT2D eigenvalue weighted by molar-refractivity contribution is 0.0944. The number of imidazole rings is 1. The van der Waals surface area contributed by atoms with E-state index in [-0.39, 0.29) is 0 Å². The lowest BCUT2D eigenvalue weighted by Crippen LogP contribution is -2.27. The van der Waals surface area contributed by atoms with E-state index in [1.807, 2.05) is 41.1 Å². The first-order chi connectivity index (χ1) is 12.2. The smallest absolute Gasteiger partial charge is 0.257 e. The minimum atomic E-state index is -0.863. The SMILES string of the molecule is O=C(NCCCn1ccnc1-c1ccccc1)c1c(F)cccc1F. The third-order valence-electron chi connectivity index (χ3n) is 3.80. The van der Waals surface area contributed by atoms with Crippen molar-refractivity contribution >= 4 is 5.91 Å². The van der Waals surface area contributed by atoms with E-state index in [4.69, 9.17) is 0 Å². The molecule has 0 saturated carbocycles. The van der Waals surface area contributed by atoms with Crippen molar-refractivity contribution in [2.45, 2.75) is 13.0 Å². The molecule has 4 nitrogen and oxygen atoms in total. The fourth-order valence-electron chi connectivity index (χ4n) is 2.59. The molecule has 3 rings (SSSR count). The molecule has 2 aromatic carbocycles. The van der Waals surface area contributed by atoms with E-state index in [1.54, 1.807) is 6.20 Å². The molecule has 1 amide bonds. The number of hydrogen-bond donors (Lipinski definition) is 1. The molecule has 0 radical (unpaired) electrons. The third kappa shape index (κ3) is 3.91. The first kappa shape index (κ1) is 16.8. The van der Waals surface area contributed by atoms with Crippen LogP contribution < -0.4 is 5.32 Å². The molecule has 0 spiro atoms. The number of hydrogen-bond acceptors (Lipinski definition) is 2. The number of nitrogens with zero attached hydrogens (tertiary/aromatic N) is 2. The summed E-state index contributed by atoms with van der Waals surface area (Å²) < 4.78 is 29.1. The van der Waals surface area contributed by atoms with Crippen molar-refractivity contribution < 1.29 is 13.6 Å². The van der Waals surface area contributed by atoms with Crippen LogP contribution >= 0.6 is 0 Å². The summed E-state index contributed by atoms with van der Waals surface area (Å²) in [7, 11) is 0. The van der Waals surface area contributed by atoms with Crippen LogP contribution in [0.15, 0.2) is 60.9 Å². The number of aromatic nitrogens is 2. The summed E-state index contributed by atoms with van der Waals surface area (Å²) in [6.07, 6.45) is 4.19. The lowest BCUT2D eigenvalue weighted by Gasteiger charge is -2.09. The summed E-state index contributed by atoms with van der Waals surface area (Å²) in [5.74, 6) is -1.63. The fourth-order valence-corrected chi connectivity index (χ4v) is 2.59. The highest BCUT2D eigenvalue weighted by Crippen LogP contribution is 2.17. The Morgan fingerprint density at radius 1 is 1.04 bits per heavy atom. The monoisotopic (exact) mass is 341 g/mol. The normalized spacial score (nSPS) is 10.6. The molecule has 0 saturated heterocycles. The van der Waals surface area contributed by atoms with Crippen LogP contribution in [-0.2, 0) is 6.54 Å². The van der Waals surface area contributed by atoms with Crippen LogP contribution in [0.1, 0.15) is 16.8 Å². The molecule has 3 aromatic rings. The van der Waals surface area contributed by atoms with Crippen molar-refractivity contribution in [3.63, 3.8) is 0 Å². The molecule has 1 heterocycles. The van der Waals surface area contributed by atoms with Gasteiger partial charge in [-0.15, -0.1) is 0 Å². The maximum Gasteiger partial charge on any atom is 0.257 e. The Morgan fingerprint density at radius 2 is 1.76 bits per heavy atom. The number of rotatable bonds is 6. The highest BCUT2D eigenvalue weighted by Gasteiger charge is 2.16. The van der Waals surface area contributed by atoms with Gasteiger partial charge in [-0.1, -0.05) is 36.4 Å². The van der Waals surface area contributed by atoms with Crippen LogP contribution in [0.5, 0.6) is 0 Å². The van der Waals surface area contributed by atoms with E-state index in [2.05, 4.69) is 10.3 Å². The van der Waals surface area contributed by atoms with Gasteiger partial charge >= 0.3 is 0 Å². The molecule has 25 heavy (non-hydrogen) atoms. The molecular formula is C19H17F2N3O. The topological polar surface area (TPSA) is 46.9 Å². The van der Waals surface area contributed by atoms with E-state index < -0.39 is 23.1 Å². The van der Waals surface area contributed by atoms with Crippen LogP contribution in [-0.4, -0.2) is 22.0 Å². The van der Waals surface area contributed by atoms with Crippen LogP contribution in [0.4, 0.5) is 8.78 Å². The van der Waals surface area contributed by atoms with Crippen LogP contribution in [0.2, 0.25) is 0 Å².